The van der Waals surface area contributed by atoms with Crippen LogP contribution in [0.3, 0.4) is 0 Å². The maximum atomic E-state index is 13.4. The molecule has 0 radical (unpaired) electrons. The second-order valence-electron chi connectivity index (χ2n) is 8.07. The predicted octanol–water partition coefficient (Wildman–Crippen LogP) is 3.02. The highest BCUT2D eigenvalue weighted by molar-refractivity contribution is 7.25. The fourth-order valence-corrected chi connectivity index (χ4v) is 5.42. The van der Waals surface area contributed by atoms with Gasteiger partial charge in [0.15, 0.2) is 0 Å². The predicted molar refractivity (Wildman–Crippen MR) is 122 cm³/mol. The Hall–Kier alpha value is -3.33. The first kappa shape index (κ1) is 20.6. The number of thiophene rings is 1. The van der Waals surface area contributed by atoms with Crippen LogP contribution in [0, 0.1) is 5.82 Å². The lowest BCUT2D eigenvalue weighted by Gasteiger charge is -2.15. The molecule has 1 aromatic carbocycles. The summed E-state index contributed by atoms with van der Waals surface area (Å²) < 4.78 is 16.1. The number of pyridine rings is 1. The number of benzene rings is 1. The molecule has 7 nitrogen and oxygen atoms in total. The number of halogens is 1. The van der Waals surface area contributed by atoms with Gasteiger partial charge < -0.3 is 5.32 Å². The van der Waals surface area contributed by atoms with Crippen molar-refractivity contribution in [3.05, 3.63) is 74.8 Å². The molecule has 1 fully saturated rings. The number of carbonyl (C=O) groups excluding carboxylic acids is 1. The monoisotopic (exact) mass is 452 g/mol. The molecular formula is C23H21FN4O3S. The summed E-state index contributed by atoms with van der Waals surface area (Å²) in [4.78, 5) is 44.5. The minimum absolute atomic E-state index is 0.0141. The summed E-state index contributed by atoms with van der Waals surface area (Å²) in [5, 5.41) is 3.68. The largest absolute Gasteiger partial charge is 0.352 e. The number of hydrogen-bond acceptors (Lipinski definition) is 5. The van der Waals surface area contributed by atoms with Crippen LogP contribution >= 0.6 is 11.3 Å². The van der Waals surface area contributed by atoms with E-state index < -0.39 is 17.1 Å². The zero-order chi connectivity index (χ0) is 22.2. The third-order valence-electron chi connectivity index (χ3n) is 5.89. The van der Waals surface area contributed by atoms with Gasteiger partial charge in [-0.1, -0.05) is 25.0 Å². The standard InChI is InChI=1S/C23H21FN4O3S/c24-15-9-7-14(8-10-15)12-28-22(30)20-19(17-6-3-11-25-21(17)32-20)27(23(28)31)13-18(29)26-16-4-1-2-5-16/h3,6-11,16H,1-2,4-5,12-13H2,(H,26,29). The molecule has 5 rings (SSSR count). The van der Waals surface area contributed by atoms with Crippen molar-refractivity contribution in [3.63, 3.8) is 0 Å². The average molecular weight is 453 g/mol. The van der Waals surface area contributed by atoms with Crippen molar-refractivity contribution in [1.82, 2.24) is 19.4 Å². The minimum Gasteiger partial charge on any atom is -0.352 e. The zero-order valence-corrected chi connectivity index (χ0v) is 18.0. The first-order valence-corrected chi connectivity index (χ1v) is 11.4. The van der Waals surface area contributed by atoms with E-state index in [1.807, 2.05) is 0 Å². The second kappa shape index (κ2) is 8.31. The Morgan fingerprint density at radius 2 is 1.88 bits per heavy atom. The third kappa shape index (κ3) is 3.73. The van der Waals surface area contributed by atoms with Crippen molar-refractivity contribution in [2.24, 2.45) is 0 Å². The lowest BCUT2D eigenvalue weighted by Crippen LogP contribution is -2.43. The van der Waals surface area contributed by atoms with Crippen LogP contribution in [-0.4, -0.2) is 26.1 Å². The number of nitrogens with zero attached hydrogens (tertiary/aromatic N) is 3. The summed E-state index contributed by atoms with van der Waals surface area (Å²) in [6, 6.07) is 9.32. The molecule has 0 atom stereocenters. The Morgan fingerprint density at radius 3 is 2.62 bits per heavy atom. The van der Waals surface area contributed by atoms with Crippen LogP contribution in [0.15, 0.2) is 52.2 Å². The van der Waals surface area contributed by atoms with Gasteiger partial charge in [-0.25, -0.2) is 14.2 Å². The van der Waals surface area contributed by atoms with Crippen molar-refractivity contribution >= 4 is 37.7 Å². The van der Waals surface area contributed by atoms with Crippen molar-refractivity contribution < 1.29 is 9.18 Å². The summed E-state index contributed by atoms with van der Waals surface area (Å²) in [6.45, 7) is -0.198. The molecule has 32 heavy (non-hydrogen) atoms. The quantitative estimate of drug-likeness (QED) is 0.504. The fourth-order valence-electron chi connectivity index (χ4n) is 4.33. The Morgan fingerprint density at radius 1 is 1.12 bits per heavy atom. The second-order valence-corrected chi connectivity index (χ2v) is 9.07. The fraction of sp³-hybridized carbons (Fsp3) is 0.304. The lowest BCUT2D eigenvalue weighted by atomic mass is 10.2. The van der Waals surface area contributed by atoms with Crippen molar-refractivity contribution in [2.45, 2.75) is 44.8 Å². The smallest absolute Gasteiger partial charge is 0.332 e. The molecule has 1 aliphatic rings. The minimum atomic E-state index is -0.572. The Labute approximate surface area is 186 Å². The van der Waals surface area contributed by atoms with Crippen LogP contribution in [0.2, 0.25) is 0 Å². The Kier molecular flexibility index (Phi) is 5.34. The van der Waals surface area contributed by atoms with E-state index in [1.54, 1.807) is 18.3 Å². The van der Waals surface area contributed by atoms with Gasteiger partial charge in [0.1, 0.15) is 21.9 Å². The van der Waals surface area contributed by atoms with E-state index in [9.17, 15) is 18.8 Å². The summed E-state index contributed by atoms with van der Waals surface area (Å²) >= 11 is 1.20. The average Bonchev–Trinajstić information content (AvgIpc) is 3.43. The van der Waals surface area contributed by atoms with Gasteiger partial charge in [-0.15, -0.1) is 11.3 Å². The maximum absolute atomic E-state index is 13.4. The van der Waals surface area contributed by atoms with Gasteiger partial charge in [-0.05, 0) is 42.7 Å². The molecule has 0 saturated heterocycles. The molecule has 1 aliphatic carbocycles. The van der Waals surface area contributed by atoms with E-state index in [-0.39, 0.29) is 25.0 Å². The van der Waals surface area contributed by atoms with Crippen molar-refractivity contribution in [2.75, 3.05) is 0 Å². The van der Waals surface area contributed by atoms with E-state index >= 15 is 0 Å². The van der Waals surface area contributed by atoms with Crippen molar-refractivity contribution in [3.8, 4) is 0 Å². The van der Waals surface area contributed by atoms with E-state index in [0.29, 0.717) is 26.0 Å². The molecular weight excluding hydrogens is 431 g/mol. The summed E-state index contributed by atoms with van der Waals surface area (Å²) in [7, 11) is 0. The maximum Gasteiger partial charge on any atom is 0.332 e. The molecule has 3 aromatic heterocycles. The molecule has 4 aromatic rings. The molecule has 0 aliphatic heterocycles. The number of amides is 1. The highest BCUT2D eigenvalue weighted by Crippen LogP contribution is 2.29. The lowest BCUT2D eigenvalue weighted by molar-refractivity contribution is -0.122. The van der Waals surface area contributed by atoms with Gasteiger partial charge in [0, 0.05) is 17.6 Å². The molecule has 1 N–H and O–H groups in total. The first-order chi connectivity index (χ1) is 15.5. The molecule has 164 valence electrons. The van der Waals surface area contributed by atoms with Crippen LogP contribution in [0.4, 0.5) is 4.39 Å². The van der Waals surface area contributed by atoms with Crippen LogP contribution in [0.1, 0.15) is 31.2 Å². The number of hydrogen-bond donors (Lipinski definition) is 1. The van der Waals surface area contributed by atoms with Crippen LogP contribution in [-0.2, 0) is 17.9 Å². The highest BCUT2D eigenvalue weighted by Gasteiger charge is 2.22. The summed E-state index contributed by atoms with van der Waals surface area (Å²) in [5.74, 6) is -0.649. The van der Waals surface area contributed by atoms with E-state index in [0.717, 1.165) is 30.3 Å². The molecule has 1 amide bonds. The van der Waals surface area contributed by atoms with Crippen molar-refractivity contribution in [1.29, 1.82) is 0 Å². The van der Waals surface area contributed by atoms with Crippen LogP contribution < -0.4 is 16.6 Å². The molecule has 0 bridgehead atoms. The van der Waals surface area contributed by atoms with Gasteiger partial charge in [-0.3, -0.25) is 18.7 Å². The zero-order valence-electron chi connectivity index (χ0n) is 17.2. The van der Waals surface area contributed by atoms with E-state index in [4.69, 9.17) is 0 Å². The normalized spacial score (nSPS) is 14.4. The topological polar surface area (TPSA) is 86.0 Å². The van der Waals surface area contributed by atoms with Crippen LogP contribution in [0.25, 0.3) is 20.4 Å². The van der Waals surface area contributed by atoms with Gasteiger partial charge in [0.2, 0.25) is 5.91 Å². The SMILES string of the molecule is O=C(Cn1c(=O)n(Cc2ccc(F)cc2)c(=O)c2sc3ncccc3c21)NC1CCCC1. The molecule has 0 unspecified atom stereocenters. The van der Waals surface area contributed by atoms with Gasteiger partial charge in [0.25, 0.3) is 5.56 Å². The molecule has 0 spiro atoms. The molecule has 9 heteroatoms. The van der Waals surface area contributed by atoms with Gasteiger partial charge in [-0.2, -0.15) is 0 Å². The van der Waals surface area contributed by atoms with Crippen LogP contribution in [0.5, 0.6) is 0 Å². The Bertz CT molecular complexity index is 1430. The number of nitrogens with one attached hydrogen (secondary N) is 1. The third-order valence-corrected chi connectivity index (χ3v) is 6.98. The number of fused-ring (bicyclic) bond motifs is 3. The first-order valence-electron chi connectivity index (χ1n) is 10.6. The van der Waals surface area contributed by atoms with Gasteiger partial charge in [0.05, 0.1) is 12.1 Å². The van der Waals surface area contributed by atoms with E-state index in [2.05, 4.69) is 10.3 Å². The number of aromatic nitrogens is 3. The molecule has 1 saturated carbocycles. The number of rotatable bonds is 5. The number of carbonyl (C=O) groups is 1. The highest BCUT2D eigenvalue weighted by atomic mass is 32.1. The Balaban J connectivity index is 1.65. The van der Waals surface area contributed by atoms with E-state index in [1.165, 1.54) is 40.2 Å². The molecule has 3 heterocycles. The summed E-state index contributed by atoms with van der Waals surface area (Å²) in [5.41, 5.74) is 0.0397. The van der Waals surface area contributed by atoms with Gasteiger partial charge >= 0.3 is 5.69 Å². The summed E-state index contributed by atoms with van der Waals surface area (Å²) in [6.07, 6.45) is 5.66.